The Balaban J connectivity index is 1.76. The van der Waals surface area contributed by atoms with Gasteiger partial charge in [0.15, 0.2) is 17.3 Å². The standard InChI is InChI=1S/C20H18O4/c1-24-19-9-5-4-8-15(19)17(21)12-18(22)16-11-10-13-6-2-3-7-14(13)20(16)23/h2-9,16H,10-12H2,1H3. The summed E-state index contributed by atoms with van der Waals surface area (Å²) in [7, 11) is 1.48. The normalized spacial score (nSPS) is 16.4. The van der Waals surface area contributed by atoms with Crippen LogP contribution in [0.5, 0.6) is 5.75 Å². The Morgan fingerprint density at radius 3 is 2.58 bits per heavy atom. The number of benzene rings is 2. The lowest BCUT2D eigenvalue weighted by Gasteiger charge is -2.22. The molecule has 24 heavy (non-hydrogen) atoms. The van der Waals surface area contributed by atoms with E-state index in [9.17, 15) is 14.4 Å². The summed E-state index contributed by atoms with van der Waals surface area (Å²) in [6.07, 6.45) is 0.869. The summed E-state index contributed by atoms with van der Waals surface area (Å²) in [6.45, 7) is 0. The summed E-state index contributed by atoms with van der Waals surface area (Å²) in [5, 5.41) is 0. The maximum atomic E-state index is 12.5. The van der Waals surface area contributed by atoms with Gasteiger partial charge in [-0.2, -0.15) is 0 Å². The lowest BCUT2D eigenvalue weighted by Crippen LogP contribution is -2.30. The molecule has 0 fully saturated rings. The van der Waals surface area contributed by atoms with Gasteiger partial charge in [-0.3, -0.25) is 14.4 Å². The Labute approximate surface area is 140 Å². The zero-order valence-electron chi connectivity index (χ0n) is 13.5. The second-order valence-corrected chi connectivity index (χ2v) is 5.88. The van der Waals surface area contributed by atoms with Gasteiger partial charge in [-0.1, -0.05) is 36.4 Å². The Kier molecular flexibility index (Phi) is 4.56. The van der Waals surface area contributed by atoms with Crippen molar-refractivity contribution in [3.63, 3.8) is 0 Å². The van der Waals surface area contributed by atoms with E-state index in [1.807, 2.05) is 12.1 Å². The van der Waals surface area contributed by atoms with Gasteiger partial charge in [-0.25, -0.2) is 0 Å². The van der Waals surface area contributed by atoms with Gasteiger partial charge in [0.25, 0.3) is 0 Å². The maximum Gasteiger partial charge on any atom is 0.173 e. The monoisotopic (exact) mass is 322 g/mol. The summed E-state index contributed by atoms with van der Waals surface area (Å²) >= 11 is 0. The van der Waals surface area contributed by atoms with Gasteiger partial charge in [0.05, 0.1) is 25.0 Å². The van der Waals surface area contributed by atoms with Gasteiger partial charge in [0.2, 0.25) is 0 Å². The van der Waals surface area contributed by atoms with Crippen LogP contribution in [0.3, 0.4) is 0 Å². The molecule has 1 atom stereocenters. The zero-order chi connectivity index (χ0) is 17.1. The van der Waals surface area contributed by atoms with Gasteiger partial charge >= 0.3 is 0 Å². The van der Waals surface area contributed by atoms with E-state index in [0.29, 0.717) is 29.7 Å². The van der Waals surface area contributed by atoms with Crippen LogP contribution in [-0.4, -0.2) is 24.5 Å². The van der Waals surface area contributed by atoms with Crippen LogP contribution in [0, 0.1) is 5.92 Å². The van der Waals surface area contributed by atoms with Crippen molar-refractivity contribution in [3.05, 3.63) is 65.2 Å². The molecule has 0 radical (unpaired) electrons. The second-order valence-electron chi connectivity index (χ2n) is 5.88. The smallest absolute Gasteiger partial charge is 0.173 e. The lowest BCUT2D eigenvalue weighted by atomic mass is 9.79. The Morgan fingerprint density at radius 2 is 1.79 bits per heavy atom. The molecule has 3 rings (SSSR count). The van der Waals surface area contributed by atoms with Crippen LogP contribution in [0.25, 0.3) is 0 Å². The van der Waals surface area contributed by atoms with E-state index in [4.69, 9.17) is 4.74 Å². The molecule has 0 bridgehead atoms. The van der Waals surface area contributed by atoms with Crippen LogP contribution < -0.4 is 4.74 Å². The first-order valence-electron chi connectivity index (χ1n) is 7.93. The van der Waals surface area contributed by atoms with Crippen molar-refractivity contribution in [1.29, 1.82) is 0 Å². The van der Waals surface area contributed by atoms with E-state index in [2.05, 4.69) is 0 Å². The molecular formula is C20H18O4. The van der Waals surface area contributed by atoms with E-state index in [0.717, 1.165) is 5.56 Å². The highest BCUT2D eigenvalue weighted by molar-refractivity contribution is 6.18. The number of ketones is 3. The predicted molar refractivity (Wildman–Crippen MR) is 89.5 cm³/mol. The van der Waals surface area contributed by atoms with Crippen LogP contribution >= 0.6 is 0 Å². The molecule has 0 N–H and O–H groups in total. The van der Waals surface area contributed by atoms with E-state index in [-0.39, 0.29) is 23.8 Å². The van der Waals surface area contributed by atoms with Crippen LogP contribution in [0.4, 0.5) is 0 Å². The number of rotatable bonds is 5. The Morgan fingerprint density at radius 1 is 1.08 bits per heavy atom. The number of para-hydroxylation sites is 1. The van der Waals surface area contributed by atoms with E-state index < -0.39 is 5.92 Å². The van der Waals surface area contributed by atoms with Gasteiger partial charge in [-0.15, -0.1) is 0 Å². The summed E-state index contributed by atoms with van der Waals surface area (Å²) in [5.41, 5.74) is 1.95. The predicted octanol–water partition coefficient (Wildman–Crippen LogP) is 3.28. The molecular weight excluding hydrogens is 304 g/mol. The first-order chi connectivity index (χ1) is 11.6. The minimum absolute atomic E-state index is 0.172. The number of carbonyl (C=O) groups is 3. The molecule has 0 saturated heterocycles. The molecule has 122 valence electrons. The first-order valence-corrected chi connectivity index (χ1v) is 7.93. The third-order valence-corrected chi connectivity index (χ3v) is 4.43. The van der Waals surface area contributed by atoms with Crippen LogP contribution in [0.15, 0.2) is 48.5 Å². The summed E-state index contributed by atoms with van der Waals surface area (Å²) in [4.78, 5) is 37.5. The Bertz CT molecular complexity index is 807. The molecule has 0 saturated carbocycles. The maximum absolute atomic E-state index is 12.5. The van der Waals surface area contributed by atoms with Crippen molar-refractivity contribution in [2.24, 2.45) is 5.92 Å². The van der Waals surface area contributed by atoms with Gasteiger partial charge in [0.1, 0.15) is 5.75 Å². The quantitative estimate of drug-likeness (QED) is 0.626. The molecule has 0 aliphatic heterocycles. The summed E-state index contributed by atoms with van der Waals surface area (Å²) < 4.78 is 5.16. The minimum atomic E-state index is -0.724. The van der Waals surface area contributed by atoms with Crippen molar-refractivity contribution in [1.82, 2.24) is 0 Å². The fraction of sp³-hybridized carbons (Fsp3) is 0.250. The third-order valence-electron chi connectivity index (χ3n) is 4.43. The molecule has 0 amide bonds. The van der Waals surface area contributed by atoms with Crippen molar-refractivity contribution < 1.29 is 19.1 Å². The Hall–Kier alpha value is -2.75. The van der Waals surface area contributed by atoms with Crippen molar-refractivity contribution >= 4 is 17.3 Å². The number of methoxy groups -OCH3 is 1. The highest BCUT2D eigenvalue weighted by atomic mass is 16.5. The van der Waals surface area contributed by atoms with Crippen molar-refractivity contribution in [2.75, 3.05) is 7.11 Å². The van der Waals surface area contributed by atoms with Crippen LogP contribution in [0.2, 0.25) is 0 Å². The molecule has 4 nitrogen and oxygen atoms in total. The topological polar surface area (TPSA) is 60.4 Å². The van der Waals surface area contributed by atoms with Crippen LogP contribution in [-0.2, 0) is 11.2 Å². The number of ether oxygens (including phenoxy) is 1. The largest absolute Gasteiger partial charge is 0.496 e. The summed E-state index contributed by atoms with van der Waals surface area (Å²) in [5.74, 6) is -1.08. The lowest BCUT2D eigenvalue weighted by molar-refractivity contribution is -0.120. The molecule has 4 heteroatoms. The number of hydrogen-bond donors (Lipinski definition) is 0. The highest BCUT2D eigenvalue weighted by Crippen LogP contribution is 2.28. The molecule has 0 heterocycles. The van der Waals surface area contributed by atoms with E-state index in [1.54, 1.807) is 36.4 Å². The summed E-state index contributed by atoms with van der Waals surface area (Å²) in [6, 6.07) is 14.1. The van der Waals surface area contributed by atoms with E-state index in [1.165, 1.54) is 7.11 Å². The SMILES string of the molecule is COc1ccccc1C(=O)CC(=O)C1CCc2ccccc2C1=O. The minimum Gasteiger partial charge on any atom is -0.496 e. The molecule has 0 spiro atoms. The van der Waals surface area contributed by atoms with E-state index >= 15 is 0 Å². The van der Waals surface area contributed by atoms with Gasteiger partial charge < -0.3 is 4.74 Å². The van der Waals surface area contributed by atoms with Crippen molar-refractivity contribution in [2.45, 2.75) is 19.3 Å². The molecule has 0 aromatic heterocycles. The fourth-order valence-electron chi connectivity index (χ4n) is 3.16. The zero-order valence-corrected chi connectivity index (χ0v) is 13.5. The molecule has 1 aliphatic rings. The molecule has 1 unspecified atom stereocenters. The molecule has 2 aromatic rings. The average Bonchev–Trinajstić information content (AvgIpc) is 2.62. The fourth-order valence-corrected chi connectivity index (χ4v) is 3.16. The molecule has 2 aromatic carbocycles. The molecule has 1 aliphatic carbocycles. The third kappa shape index (κ3) is 3.00. The van der Waals surface area contributed by atoms with Gasteiger partial charge in [-0.05, 0) is 30.5 Å². The number of Topliss-reactive ketones (excluding diaryl/α,β-unsaturated/α-hetero) is 3. The first kappa shape index (κ1) is 16.1. The number of aryl methyl sites for hydroxylation is 1. The van der Waals surface area contributed by atoms with Gasteiger partial charge in [0, 0.05) is 5.56 Å². The average molecular weight is 322 g/mol. The van der Waals surface area contributed by atoms with Crippen LogP contribution in [0.1, 0.15) is 39.1 Å². The number of fused-ring (bicyclic) bond motifs is 1. The number of hydrogen-bond acceptors (Lipinski definition) is 4. The second kappa shape index (κ2) is 6.79. The van der Waals surface area contributed by atoms with Crippen molar-refractivity contribution in [3.8, 4) is 5.75 Å². The number of carbonyl (C=O) groups excluding carboxylic acids is 3. The highest BCUT2D eigenvalue weighted by Gasteiger charge is 2.33.